The number of rotatable bonds is 6. The van der Waals surface area contributed by atoms with Gasteiger partial charge in [0.15, 0.2) is 11.6 Å². The molecule has 7 rings (SSSR count). The van der Waals surface area contributed by atoms with Crippen molar-refractivity contribution in [3.05, 3.63) is 41.9 Å². The monoisotopic (exact) mass is 447 g/mol. The van der Waals surface area contributed by atoms with Crippen LogP contribution in [0.15, 0.2) is 30.5 Å². The zero-order valence-corrected chi connectivity index (χ0v) is 20.0. The van der Waals surface area contributed by atoms with Crippen molar-refractivity contribution in [3.8, 4) is 5.82 Å². The van der Waals surface area contributed by atoms with Gasteiger partial charge in [-0.15, -0.1) is 0 Å². The number of nitrogens with zero attached hydrogens (tertiary/aromatic N) is 5. The Morgan fingerprint density at radius 2 is 1.91 bits per heavy atom. The van der Waals surface area contributed by atoms with Crippen LogP contribution >= 0.6 is 0 Å². The average molecular weight is 448 g/mol. The molecule has 0 amide bonds. The van der Waals surface area contributed by atoms with Crippen molar-refractivity contribution in [2.75, 3.05) is 18.6 Å². The molecular formula is C26H33N5O2. The van der Waals surface area contributed by atoms with Gasteiger partial charge in [-0.3, -0.25) is 0 Å². The molecule has 1 N–H and O–H groups in total. The molecule has 2 saturated carbocycles. The highest BCUT2D eigenvalue weighted by Crippen LogP contribution is 2.58. The van der Waals surface area contributed by atoms with Gasteiger partial charge in [0.2, 0.25) is 0 Å². The molecule has 0 radical (unpaired) electrons. The number of anilines is 1. The van der Waals surface area contributed by atoms with E-state index in [0.29, 0.717) is 18.5 Å². The standard InChI is InChI=1S/C26H33N5O2/c1-24(2,32)26-12-19(13-26)30(16-26)22-11-23(29-21(28-22)15-33-4)31-20-10-18(25(3)8-5-9-25)7-6-17(20)14-27-31/h6-7,10-11,14,19,32H,5,8-9,12-13,15-16H2,1-4H3. The minimum atomic E-state index is -0.699. The summed E-state index contributed by atoms with van der Waals surface area (Å²) >= 11 is 0. The number of ether oxygens (including phenoxy) is 1. The maximum absolute atomic E-state index is 10.8. The van der Waals surface area contributed by atoms with E-state index in [2.05, 4.69) is 30.0 Å². The van der Waals surface area contributed by atoms with Gasteiger partial charge in [0.25, 0.3) is 0 Å². The Bertz CT molecular complexity index is 1220. The number of aromatic nitrogens is 4. The van der Waals surface area contributed by atoms with E-state index >= 15 is 0 Å². The molecule has 4 fully saturated rings. The fraction of sp³-hybridized carbons (Fsp3) is 0.577. The first kappa shape index (κ1) is 21.1. The van der Waals surface area contributed by atoms with E-state index in [0.717, 1.165) is 41.9 Å². The summed E-state index contributed by atoms with van der Waals surface area (Å²) in [5, 5.41) is 16.6. The average Bonchev–Trinajstić information content (AvgIpc) is 3.42. The molecule has 2 saturated heterocycles. The van der Waals surface area contributed by atoms with Crippen LogP contribution in [0.1, 0.15) is 64.3 Å². The third-order valence-electron chi connectivity index (χ3n) is 8.72. The highest BCUT2D eigenvalue weighted by atomic mass is 16.5. The largest absolute Gasteiger partial charge is 0.390 e. The number of benzene rings is 1. The summed E-state index contributed by atoms with van der Waals surface area (Å²) in [7, 11) is 1.67. The van der Waals surface area contributed by atoms with Crippen LogP contribution < -0.4 is 4.90 Å². The van der Waals surface area contributed by atoms with Gasteiger partial charge in [-0.25, -0.2) is 14.6 Å². The summed E-state index contributed by atoms with van der Waals surface area (Å²) in [5.74, 6) is 2.31. The van der Waals surface area contributed by atoms with Crippen LogP contribution in [-0.2, 0) is 16.8 Å². The molecule has 2 bridgehead atoms. The Balaban J connectivity index is 1.41. The number of fused-ring (bicyclic) bond motifs is 2. The lowest BCUT2D eigenvalue weighted by atomic mass is 9.61. The summed E-state index contributed by atoms with van der Waals surface area (Å²) in [6.07, 6.45) is 7.69. The Labute approximate surface area is 194 Å². The molecule has 2 aliphatic heterocycles. The van der Waals surface area contributed by atoms with Crippen molar-refractivity contribution < 1.29 is 9.84 Å². The molecule has 4 aliphatic rings. The quantitative estimate of drug-likeness (QED) is 0.612. The van der Waals surface area contributed by atoms with Gasteiger partial charge < -0.3 is 14.7 Å². The van der Waals surface area contributed by atoms with Gasteiger partial charge in [-0.05, 0) is 56.6 Å². The second kappa shape index (κ2) is 7.00. The summed E-state index contributed by atoms with van der Waals surface area (Å²) in [6.45, 7) is 7.38. The van der Waals surface area contributed by atoms with Crippen molar-refractivity contribution in [1.29, 1.82) is 0 Å². The highest BCUT2D eigenvalue weighted by molar-refractivity contribution is 5.81. The minimum absolute atomic E-state index is 0.0598. The molecule has 1 aromatic carbocycles. The SMILES string of the molecule is COCc1nc(N2CC3(C(C)(C)O)CC2C3)cc(-n2ncc3ccc(C4(C)CCC4)cc32)n1. The summed E-state index contributed by atoms with van der Waals surface area (Å²) in [6, 6.07) is 9.17. The smallest absolute Gasteiger partial charge is 0.159 e. The van der Waals surface area contributed by atoms with Crippen molar-refractivity contribution in [2.45, 2.75) is 76.5 Å². The van der Waals surface area contributed by atoms with Crippen molar-refractivity contribution in [3.63, 3.8) is 0 Å². The molecule has 3 aromatic rings. The fourth-order valence-corrected chi connectivity index (χ4v) is 6.10. The molecule has 0 atom stereocenters. The summed E-state index contributed by atoms with van der Waals surface area (Å²) in [4.78, 5) is 12.0. The predicted molar refractivity (Wildman–Crippen MR) is 128 cm³/mol. The van der Waals surface area contributed by atoms with Gasteiger partial charge in [-0.1, -0.05) is 25.5 Å². The topological polar surface area (TPSA) is 76.3 Å². The molecule has 7 heteroatoms. The first-order chi connectivity index (χ1) is 15.7. The molecular weight excluding hydrogens is 414 g/mol. The highest BCUT2D eigenvalue weighted by Gasteiger charge is 2.62. The van der Waals surface area contributed by atoms with Crippen LogP contribution in [0.25, 0.3) is 16.7 Å². The number of methoxy groups -OCH3 is 1. The van der Waals surface area contributed by atoms with Crippen molar-refractivity contribution >= 4 is 16.7 Å². The van der Waals surface area contributed by atoms with E-state index in [4.69, 9.17) is 19.8 Å². The van der Waals surface area contributed by atoms with Crippen LogP contribution in [0.2, 0.25) is 0 Å². The number of hydrogen-bond donors (Lipinski definition) is 1. The number of hydrogen-bond acceptors (Lipinski definition) is 6. The van der Waals surface area contributed by atoms with E-state index in [1.807, 2.05) is 30.8 Å². The normalized spacial score (nSPS) is 25.8. The zero-order chi connectivity index (χ0) is 23.0. The van der Waals surface area contributed by atoms with E-state index in [1.165, 1.54) is 24.8 Å². The summed E-state index contributed by atoms with van der Waals surface area (Å²) < 4.78 is 7.33. The Hall–Kier alpha value is -2.51. The molecule has 33 heavy (non-hydrogen) atoms. The molecule has 0 spiro atoms. The van der Waals surface area contributed by atoms with Gasteiger partial charge >= 0.3 is 0 Å². The number of aliphatic hydroxyl groups is 1. The first-order valence-electron chi connectivity index (χ1n) is 12.1. The second-order valence-electron chi connectivity index (χ2n) is 11.2. The fourth-order valence-electron chi connectivity index (χ4n) is 6.10. The predicted octanol–water partition coefficient (Wildman–Crippen LogP) is 4.14. The van der Waals surface area contributed by atoms with Gasteiger partial charge in [0, 0.05) is 36.6 Å². The van der Waals surface area contributed by atoms with Crippen LogP contribution in [0.3, 0.4) is 0 Å². The summed E-state index contributed by atoms with van der Waals surface area (Å²) in [5.41, 5.74) is 1.96. The van der Waals surface area contributed by atoms with E-state index in [1.54, 1.807) is 7.11 Å². The van der Waals surface area contributed by atoms with E-state index in [-0.39, 0.29) is 10.8 Å². The van der Waals surface area contributed by atoms with Crippen LogP contribution in [0, 0.1) is 5.41 Å². The lowest BCUT2D eigenvalue weighted by Crippen LogP contribution is -2.50. The molecule has 4 heterocycles. The lowest BCUT2D eigenvalue weighted by Gasteiger charge is -2.45. The Kier molecular flexibility index (Phi) is 4.46. The maximum atomic E-state index is 10.8. The zero-order valence-electron chi connectivity index (χ0n) is 20.0. The Morgan fingerprint density at radius 1 is 1.15 bits per heavy atom. The van der Waals surface area contributed by atoms with Gasteiger partial charge in [0.05, 0.1) is 17.3 Å². The molecule has 7 nitrogen and oxygen atoms in total. The second-order valence-corrected chi connectivity index (χ2v) is 11.2. The molecule has 2 aliphatic carbocycles. The minimum Gasteiger partial charge on any atom is -0.390 e. The lowest BCUT2D eigenvalue weighted by molar-refractivity contribution is -0.0754. The Morgan fingerprint density at radius 3 is 2.55 bits per heavy atom. The van der Waals surface area contributed by atoms with E-state index in [9.17, 15) is 5.11 Å². The third-order valence-corrected chi connectivity index (χ3v) is 8.72. The van der Waals surface area contributed by atoms with E-state index < -0.39 is 5.60 Å². The first-order valence-corrected chi connectivity index (χ1v) is 12.1. The van der Waals surface area contributed by atoms with Crippen LogP contribution in [-0.4, -0.2) is 50.2 Å². The molecule has 0 unspecified atom stereocenters. The van der Waals surface area contributed by atoms with Crippen molar-refractivity contribution in [2.24, 2.45) is 5.41 Å². The molecule has 2 aromatic heterocycles. The third kappa shape index (κ3) is 3.12. The van der Waals surface area contributed by atoms with Crippen molar-refractivity contribution in [1.82, 2.24) is 19.7 Å². The maximum Gasteiger partial charge on any atom is 0.159 e. The molecule has 174 valence electrons. The van der Waals surface area contributed by atoms with Gasteiger partial charge in [0.1, 0.15) is 12.4 Å². The van der Waals surface area contributed by atoms with Crippen LogP contribution in [0.4, 0.5) is 5.82 Å². The van der Waals surface area contributed by atoms with Crippen LogP contribution in [0.5, 0.6) is 0 Å². The van der Waals surface area contributed by atoms with Gasteiger partial charge in [-0.2, -0.15) is 5.10 Å².